The number of rotatable bonds is 8. The van der Waals surface area contributed by atoms with Gasteiger partial charge in [0.2, 0.25) is 5.91 Å². The molecule has 0 saturated carbocycles. The molecule has 1 unspecified atom stereocenters. The summed E-state index contributed by atoms with van der Waals surface area (Å²) < 4.78 is 0. The smallest absolute Gasteiger partial charge is 0.308 e. The third-order valence-electron chi connectivity index (χ3n) is 2.80. The molecule has 21 heavy (non-hydrogen) atoms. The van der Waals surface area contributed by atoms with Crippen molar-refractivity contribution in [2.45, 2.75) is 13.3 Å². The largest absolute Gasteiger partial charge is 0.481 e. The van der Waals surface area contributed by atoms with Crippen molar-refractivity contribution in [3.63, 3.8) is 0 Å². The Kier molecular flexibility index (Phi) is 6.12. The number of para-hydroxylation sites is 2. The van der Waals surface area contributed by atoms with Crippen molar-refractivity contribution in [3.8, 4) is 0 Å². The van der Waals surface area contributed by atoms with Gasteiger partial charge in [-0.25, -0.2) is 0 Å². The topological polar surface area (TPSA) is 122 Å². The number of carboxylic acid groups (broad SMARTS) is 1. The highest BCUT2D eigenvalue weighted by atomic mass is 16.6. The van der Waals surface area contributed by atoms with Crippen molar-refractivity contribution in [3.05, 3.63) is 34.4 Å². The second-order valence-electron chi connectivity index (χ2n) is 4.49. The molecule has 0 aliphatic heterocycles. The Morgan fingerprint density at radius 2 is 2.05 bits per heavy atom. The quantitative estimate of drug-likeness (QED) is 0.490. The first kappa shape index (κ1) is 16.4. The Hall–Kier alpha value is -2.64. The van der Waals surface area contributed by atoms with Gasteiger partial charge in [-0.1, -0.05) is 19.1 Å². The number of nitro benzene ring substituents is 1. The molecule has 0 saturated heterocycles. The van der Waals surface area contributed by atoms with E-state index in [2.05, 4.69) is 10.6 Å². The first-order valence-corrected chi connectivity index (χ1v) is 6.38. The van der Waals surface area contributed by atoms with E-state index in [1.54, 1.807) is 18.2 Å². The van der Waals surface area contributed by atoms with Crippen LogP contribution >= 0.6 is 0 Å². The lowest BCUT2D eigenvalue weighted by Crippen LogP contribution is -2.32. The number of nitrogens with zero attached hydrogens (tertiary/aromatic N) is 1. The Morgan fingerprint density at radius 1 is 1.38 bits per heavy atom. The minimum atomic E-state index is -0.978. The number of benzene rings is 1. The number of nitrogens with one attached hydrogen (secondary N) is 2. The molecule has 114 valence electrons. The zero-order valence-corrected chi connectivity index (χ0v) is 11.5. The van der Waals surface area contributed by atoms with E-state index in [1.807, 2.05) is 0 Å². The van der Waals surface area contributed by atoms with Crippen LogP contribution in [0.5, 0.6) is 0 Å². The predicted octanol–water partition coefficient (Wildman–Crippen LogP) is 1.23. The fraction of sp³-hybridized carbons (Fsp3) is 0.385. The Bertz CT molecular complexity index is 532. The van der Waals surface area contributed by atoms with E-state index in [4.69, 9.17) is 5.11 Å². The van der Waals surface area contributed by atoms with Crippen LogP contribution in [0, 0.1) is 16.0 Å². The van der Waals surface area contributed by atoms with E-state index in [0.717, 1.165) is 0 Å². The molecule has 0 spiro atoms. The lowest BCUT2D eigenvalue weighted by Gasteiger charge is -2.09. The molecule has 0 bridgehead atoms. The third-order valence-corrected chi connectivity index (χ3v) is 2.80. The monoisotopic (exact) mass is 295 g/mol. The molecular weight excluding hydrogens is 278 g/mol. The van der Waals surface area contributed by atoms with Crippen LogP contribution in [0.4, 0.5) is 11.4 Å². The summed E-state index contributed by atoms with van der Waals surface area (Å²) in [6, 6.07) is 6.15. The standard InChI is InChI=1S/C13H17N3O5/c1-9(13(18)19)8-15-12(17)6-7-14-10-4-2-3-5-11(10)16(20)21/h2-5,9,14H,6-8H2,1H3,(H,15,17)(H,18,19). The fourth-order valence-corrected chi connectivity index (χ4v) is 1.54. The number of nitro groups is 1. The molecule has 1 aromatic carbocycles. The molecule has 0 fully saturated rings. The molecule has 3 N–H and O–H groups in total. The van der Waals surface area contributed by atoms with E-state index in [0.29, 0.717) is 5.69 Å². The van der Waals surface area contributed by atoms with E-state index < -0.39 is 16.8 Å². The summed E-state index contributed by atoms with van der Waals surface area (Å²) in [6.45, 7) is 1.77. The predicted molar refractivity (Wildman–Crippen MR) is 76.0 cm³/mol. The van der Waals surface area contributed by atoms with E-state index >= 15 is 0 Å². The van der Waals surface area contributed by atoms with Gasteiger partial charge in [0.15, 0.2) is 0 Å². The summed E-state index contributed by atoms with van der Waals surface area (Å²) >= 11 is 0. The van der Waals surface area contributed by atoms with Gasteiger partial charge in [-0.15, -0.1) is 0 Å². The Morgan fingerprint density at radius 3 is 2.67 bits per heavy atom. The van der Waals surface area contributed by atoms with Crippen LogP contribution in [0.25, 0.3) is 0 Å². The lowest BCUT2D eigenvalue weighted by atomic mass is 10.2. The third kappa shape index (κ3) is 5.47. The van der Waals surface area contributed by atoms with Gasteiger partial charge < -0.3 is 15.7 Å². The van der Waals surface area contributed by atoms with Gasteiger partial charge in [-0.05, 0) is 6.07 Å². The zero-order chi connectivity index (χ0) is 15.8. The molecule has 0 aliphatic rings. The molecule has 1 atom stereocenters. The van der Waals surface area contributed by atoms with E-state index in [-0.39, 0.29) is 31.1 Å². The summed E-state index contributed by atoms with van der Waals surface area (Å²) in [5.41, 5.74) is 0.284. The Balaban J connectivity index is 2.38. The molecular formula is C13H17N3O5. The maximum atomic E-state index is 11.5. The van der Waals surface area contributed by atoms with Gasteiger partial charge in [-0.3, -0.25) is 19.7 Å². The maximum absolute atomic E-state index is 11.5. The summed E-state index contributed by atoms with van der Waals surface area (Å²) in [6.07, 6.45) is 0.0956. The highest BCUT2D eigenvalue weighted by molar-refractivity contribution is 5.78. The molecule has 1 aromatic rings. The number of aliphatic carboxylic acids is 1. The van der Waals surface area contributed by atoms with Gasteiger partial charge in [0.05, 0.1) is 10.8 Å². The van der Waals surface area contributed by atoms with E-state index in [1.165, 1.54) is 13.0 Å². The number of anilines is 1. The van der Waals surface area contributed by atoms with Gasteiger partial charge in [-0.2, -0.15) is 0 Å². The second-order valence-corrected chi connectivity index (χ2v) is 4.49. The van der Waals surface area contributed by atoms with Gasteiger partial charge in [0.1, 0.15) is 5.69 Å². The highest BCUT2D eigenvalue weighted by Gasteiger charge is 2.13. The number of amides is 1. The molecule has 8 heteroatoms. The lowest BCUT2D eigenvalue weighted by molar-refractivity contribution is -0.384. The number of carboxylic acids is 1. The van der Waals surface area contributed by atoms with Crippen molar-refractivity contribution in [2.75, 3.05) is 18.4 Å². The first-order valence-electron chi connectivity index (χ1n) is 6.38. The summed E-state index contributed by atoms with van der Waals surface area (Å²) in [5, 5.41) is 24.8. The van der Waals surface area contributed by atoms with Crippen LogP contribution in [0.2, 0.25) is 0 Å². The molecule has 0 aromatic heterocycles. The second kappa shape index (κ2) is 7.83. The summed E-state index contributed by atoms with van der Waals surface area (Å²) in [5.74, 6) is -1.94. The van der Waals surface area contributed by atoms with Crippen molar-refractivity contribution in [2.24, 2.45) is 5.92 Å². The van der Waals surface area contributed by atoms with Crippen LogP contribution in [0.1, 0.15) is 13.3 Å². The van der Waals surface area contributed by atoms with Crippen molar-refractivity contribution in [1.82, 2.24) is 5.32 Å². The summed E-state index contributed by atoms with van der Waals surface area (Å²) in [7, 11) is 0. The maximum Gasteiger partial charge on any atom is 0.308 e. The highest BCUT2D eigenvalue weighted by Crippen LogP contribution is 2.22. The van der Waals surface area contributed by atoms with Gasteiger partial charge in [0.25, 0.3) is 5.69 Å². The fourth-order valence-electron chi connectivity index (χ4n) is 1.54. The number of carbonyl (C=O) groups excluding carboxylic acids is 1. The molecule has 0 aliphatic carbocycles. The van der Waals surface area contributed by atoms with Crippen LogP contribution in [0.3, 0.4) is 0 Å². The minimum Gasteiger partial charge on any atom is -0.481 e. The number of hydrogen-bond donors (Lipinski definition) is 3. The summed E-state index contributed by atoms with van der Waals surface area (Å²) in [4.78, 5) is 32.4. The zero-order valence-electron chi connectivity index (χ0n) is 11.5. The van der Waals surface area contributed by atoms with Gasteiger partial charge in [0, 0.05) is 25.6 Å². The average molecular weight is 295 g/mol. The molecule has 1 rings (SSSR count). The van der Waals surface area contributed by atoms with Crippen LogP contribution in [-0.4, -0.2) is 35.0 Å². The molecule has 1 amide bonds. The van der Waals surface area contributed by atoms with Crippen molar-refractivity contribution < 1.29 is 19.6 Å². The number of carbonyl (C=O) groups is 2. The van der Waals surface area contributed by atoms with Crippen LogP contribution < -0.4 is 10.6 Å². The van der Waals surface area contributed by atoms with E-state index in [9.17, 15) is 19.7 Å². The van der Waals surface area contributed by atoms with Gasteiger partial charge >= 0.3 is 5.97 Å². The van der Waals surface area contributed by atoms with Crippen molar-refractivity contribution in [1.29, 1.82) is 0 Å². The average Bonchev–Trinajstić information content (AvgIpc) is 2.44. The molecule has 0 radical (unpaired) electrons. The Labute approximate surface area is 121 Å². The minimum absolute atomic E-state index is 0.0552. The van der Waals surface area contributed by atoms with Crippen LogP contribution in [0.15, 0.2) is 24.3 Å². The number of hydrogen-bond acceptors (Lipinski definition) is 5. The molecule has 0 heterocycles. The first-order chi connectivity index (χ1) is 9.91. The normalized spacial score (nSPS) is 11.5. The molecule has 8 nitrogen and oxygen atoms in total. The van der Waals surface area contributed by atoms with Crippen LogP contribution in [-0.2, 0) is 9.59 Å². The van der Waals surface area contributed by atoms with Crippen molar-refractivity contribution >= 4 is 23.3 Å². The SMILES string of the molecule is CC(CNC(=O)CCNc1ccccc1[N+](=O)[O-])C(=O)O.